The summed E-state index contributed by atoms with van der Waals surface area (Å²) in [6.45, 7) is 4.18. The van der Waals surface area contributed by atoms with Crippen molar-refractivity contribution in [3.8, 4) is 5.75 Å². The fourth-order valence-corrected chi connectivity index (χ4v) is 2.40. The number of carbonyl (C=O) groups is 1. The molecule has 110 valence electrons. The molecule has 0 aromatic heterocycles. The van der Waals surface area contributed by atoms with E-state index in [1.165, 1.54) is 0 Å². The van der Waals surface area contributed by atoms with Crippen LogP contribution in [0.1, 0.15) is 31.7 Å². The lowest BCUT2D eigenvalue weighted by Gasteiger charge is -2.22. The third kappa shape index (κ3) is 3.85. The molecule has 0 spiro atoms. The van der Waals surface area contributed by atoms with Crippen LogP contribution in [0.3, 0.4) is 0 Å². The zero-order valence-corrected chi connectivity index (χ0v) is 12.4. The van der Waals surface area contributed by atoms with Crippen molar-refractivity contribution in [2.24, 2.45) is 5.92 Å². The molecule has 0 heterocycles. The van der Waals surface area contributed by atoms with Gasteiger partial charge in [0.1, 0.15) is 5.75 Å². The van der Waals surface area contributed by atoms with Crippen molar-refractivity contribution < 1.29 is 9.90 Å². The summed E-state index contributed by atoms with van der Waals surface area (Å²) in [6.07, 6.45) is 0.933. The molecular weight excluding hydrogens is 262 g/mol. The Bertz CT molecular complexity index is 578. The number of hydrogen-bond donors (Lipinski definition) is 2. The maximum atomic E-state index is 12.6. The molecule has 2 N–H and O–H groups in total. The summed E-state index contributed by atoms with van der Waals surface area (Å²) in [5, 5.41) is 12.2. The van der Waals surface area contributed by atoms with Gasteiger partial charge in [0.25, 0.3) is 0 Å². The first-order chi connectivity index (χ1) is 10.1. The van der Waals surface area contributed by atoms with E-state index in [-0.39, 0.29) is 23.5 Å². The minimum Gasteiger partial charge on any atom is -0.508 e. The maximum Gasteiger partial charge on any atom is 0.232 e. The van der Waals surface area contributed by atoms with Crippen molar-refractivity contribution in [3.63, 3.8) is 0 Å². The molecule has 0 bridgehead atoms. The van der Waals surface area contributed by atoms with Crippen LogP contribution in [-0.2, 0) is 4.79 Å². The number of nitrogens with one attached hydrogen (secondary N) is 1. The number of carbonyl (C=O) groups excluding carboxylic acids is 1. The second-order valence-electron chi connectivity index (χ2n) is 5.31. The maximum absolute atomic E-state index is 12.6. The smallest absolute Gasteiger partial charge is 0.232 e. The number of aromatic hydroxyl groups is 1. The van der Waals surface area contributed by atoms with Crippen molar-refractivity contribution in [1.29, 1.82) is 0 Å². The molecule has 0 aliphatic carbocycles. The molecule has 0 fully saturated rings. The monoisotopic (exact) mass is 283 g/mol. The second-order valence-corrected chi connectivity index (χ2v) is 5.31. The molecule has 0 aliphatic heterocycles. The number of rotatable bonds is 5. The Labute approximate surface area is 125 Å². The molecule has 2 rings (SSSR count). The van der Waals surface area contributed by atoms with E-state index >= 15 is 0 Å². The van der Waals surface area contributed by atoms with Gasteiger partial charge < -0.3 is 10.4 Å². The van der Waals surface area contributed by atoms with E-state index < -0.39 is 0 Å². The molecule has 21 heavy (non-hydrogen) atoms. The summed E-state index contributed by atoms with van der Waals surface area (Å²) >= 11 is 0. The lowest BCUT2D eigenvalue weighted by molar-refractivity contribution is -0.118. The average Bonchev–Trinajstić information content (AvgIpc) is 2.50. The summed E-state index contributed by atoms with van der Waals surface area (Å²) in [5.41, 5.74) is 1.73. The van der Waals surface area contributed by atoms with Crippen LogP contribution in [0.2, 0.25) is 0 Å². The third-order valence-corrected chi connectivity index (χ3v) is 3.79. The van der Waals surface area contributed by atoms with Gasteiger partial charge >= 0.3 is 0 Å². The average molecular weight is 283 g/mol. The Hall–Kier alpha value is -2.29. The quantitative estimate of drug-likeness (QED) is 0.809. The van der Waals surface area contributed by atoms with Crippen molar-refractivity contribution >= 4 is 11.6 Å². The summed E-state index contributed by atoms with van der Waals surface area (Å²) in [5.74, 6) is 0.255. The summed E-state index contributed by atoms with van der Waals surface area (Å²) in [4.78, 5) is 12.6. The Morgan fingerprint density at radius 1 is 1.10 bits per heavy atom. The van der Waals surface area contributed by atoms with Gasteiger partial charge in [-0.25, -0.2) is 0 Å². The molecule has 0 aliphatic rings. The van der Waals surface area contributed by atoms with Gasteiger partial charge in [-0.15, -0.1) is 0 Å². The van der Waals surface area contributed by atoms with Gasteiger partial charge in [0, 0.05) is 5.69 Å². The standard InChI is InChI=1S/C18H21NO2/c1-3-13(2)17(14-7-5-4-6-8-14)18(21)19-15-9-11-16(20)12-10-15/h4-13,17,20H,3H2,1-2H3,(H,19,21). The van der Waals surface area contributed by atoms with Gasteiger partial charge in [-0.3, -0.25) is 4.79 Å². The molecule has 2 aromatic rings. The Balaban J connectivity index is 2.20. The van der Waals surface area contributed by atoms with Gasteiger partial charge in [0.2, 0.25) is 5.91 Å². The fraction of sp³-hybridized carbons (Fsp3) is 0.278. The zero-order chi connectivity index (χ0) is 15.2. The second kappa shape index (κ2) is 6.93. The van der Waals surface area contributed by atoms with Crippen molar-refractivity contribution in [1.82, 2.24) is 0 Å². The molecule has 3 heteroatoms. The minimum atomic E-state index is -0.176. The largest absolute Gasteiger partial charge is 0.508 e. The molecule has 2 atom stereocenters. The highest BCUT2D eigenvalue weighted by Crippen LogP contribution is 2.28. The van der Waals surface area contributed by atoms with E-state index in [0.29, 0.717) is 5.69 Å². The first-order valence-electron chi connectivity index (χ1n) is 7.26. The zero-order valence-electron chi connectivity index (χ0n) is 12.4. The highest BCUT2D eigenvalue weighted by atomic mass is 16.3. The van der Waals surface area contributed by atoms with Gasteiger partial charge in [-0.2, -0.15) is 0 Å². The van der Waals surface area contributed by atoms with E-state index in [1.54, 1.807) is 24.3 Å². The SMILES string of the molecule is CCC(C)C(C(=O)Nc1ccc(O)cc1)c1ccccc1. The first kappa shape index (κ1) is 15.1. The Kier molecular flexibility index (Phi) is 4.99. The molecule has 1 amide bonds. The van der Waals surface area contributed by atoms with Crippen LogP contribution in [0.4, 0.5) is 5.69 Å². The Morgan fingerprint density at radius 3 is 2.29 bits per heavy atom. The number of amides is 1. The molecule has 0 saturated heterocycles. The molecule has 2 aromatic carbocycles. The van der Waals surface area contributed by atoms with E-state index in [2.05, 4.69) is 19.2 Å². The number of hydrogen-bond acceptors (Lipinski definition) is 2. The van der Waals surface area contributed by atoms with Crippen LogP contribution < -0.4 is 5.32 Å². The summed E-state index contributed by atoms with van der Waals surface area (Å²) < 4.78 is 0. The summed E-state index contributed by atoms with van der Waals surface area (Å²) in [6, 6.07) is 16.4. The van der Waals surface area contributed by atoms with Crippen LogP contribution in [0.25, 0.3) is 0 Å². The topological polar surface area (TPSA) is 49.3 Å². The lowest BCUT2D eigenvalue weighted by atomic mass is 9.85. The number of phenolic OH excluding ortho intramolecular Hbond substituents is 1. The Morgan fingerprint density at radius 2 is 1.71 bits per heavy atom. The third-order valence-electron chi connectivity index (χ3n) is 3.79. The number of anilines is 1. The van der Waals surface area contributed by atoms with E-state index in [0.717, 1.165) is 12.0 Å². The van der Waals surface area contributed by atoms with Gasteiger partial charge in [0.05, 0.1) is 5.92 Å². The van der Waals surface area contributed by atoms with E-state index in [1.807, 2.05) is 30.3 Å². The normalized spacial score (nSPS) is 13.4. The van der Waals surface area contributed by atoms with Crippen LogP contribution in [0.15, 0.2) is 54.6 Å². The molecule has 0 radical (unpaired) electrons. The molecule has 3 nitrogen and oxygen atoms in total. The van der Waals surface area contributed by atoms with Gasteiger partial charge in [0.15, 0.2) is 0 Å². The molecule has 2 unspecified atom stereocenters. The van der Waals surface area contributed by atoms with Crippen molar-refractivity contribution in [3.05, 3.63) is 60.2 Å². The van der Waals surface area contributed by atoms with Crippen LogP contribution >= 0.6 is 0 Å². The van der Waals surface area contributed by atoms with E-state index in [4.69, 9.17) is 0 Å². The highest BCUT2D eigenvalue weighted by Gasteiger charge is 2.25. The molecule has 0 saturated carbocycles. The van der Waals surface area contributed by atoms with Crippen molar-refractivity contribution in [2.45, 2.75) is 26.2 Å². The predicted molar refractivity (Wildman–Crippen MR) is 85.4 cm³/mol. The number of phenols is 1. The van der Waals surface area contributed by atoms with Crippen LogP contribution in [-0.4, -0.2) is 11.0 Å². The fourth-order valence-electron chi connectivity index (χ4n) is 2.40. The number of benzene rings is 2. The van der Waals surface area contributed by atoms with Crippen molar-refractivity contribution in [2.75, 3.05) is 5.32 Å². The summed E-state index contributed by atoms with van der Waals surface area (Å²) in [7, 11) is 0. The lowest BCUT2D eigenvalue weighted by Crippen LogP contribution is -2.26. The van der Waals surface area contributed by atoms with Crippen LogP contribution in [0.5, 0.6) is 5.75 Å². The molecular formula is C18H21NO2. The highest BCUT2D eigenvalue weighted by molar-refractivity contribution is 5.96. The van der Waals surface area contributed by atoms with Gasteiger partial charge in [-0.05, 0) is 35.7 Å². The van der Waals surface area contributed by atoms with Crippen LogP contribution in [0, 0.1) is 5.92 Å². The first-order valence-corrected chi connectivity index (χ1v) is 7.26. The van der Waals surface area contributed by atoms with Gasteiger partial charge in [-0.1, -0.05) is 50.6 Å². The van der Waals surface area contributed by atoms with E-state index in [9.17, 15) is 9.90 Å². The predicted octanol–water partition coefficient (Wildman–Crippen LogP) is 4.16. The minimum absolute atomic E-state index is 0.0127.